The first-order chi connectivity index (χ1) is 10.0. The van der Waals surface area contributed by atoms with E-state index in [2.05, 4.69) is 32.0 Å². The van der Waals surface area contributed by atoms with E-state index >= 15 is 0 Å². The number of ether oxygens (including phenoxy) is 1. The van der Waals surface area contributed by atoms with Gasteiger partial charge in [0.05, 0.1) is 6.61 Å². The second kappa shape index (κ2) is 5.70. The number of rotatable bonds is 3. The fourth-order valence-corrected chi connectivity index (χ4v) is 3.12. The van der Waals surface area contributed by atoms with E-state index in [1.807, 2.05) is 12.1 Å². The molecule has 21 heavy (non-hydrogen) atoms. The van der Waals surface area contributed by atoms with Crippen molar-refractivity contribution in [2.45, 2.75) is 32.7 Å². The van der Waals surface area contributed by atoms with Crippen LogP contribution in [0.1, 0.15) is 33.9 Å². The van der Waals surface area contributed by atoms with Crippen LogP contribution in [-0.4, -0.2) is 6.61 Å². The van der Waals surface area contributed by atoms with Gasteiger partial charge in [0.2, 0.25) is 0 Å². The van der Waals surface area contributed by atoms with Gasteiger partial charge in [-0.3, -0.25) is 0 Å². The highest BCUT2D eigenvalue weighted by atomic mass is 35.5. The summed E-state index contributed by atoms with van der Waals surface area (Å²) in [4.78, 5) is 0. The molecule has 1 unspecified atom stereocenters. The molecule has 0 saturated heterocycles. The summed E-state index contributed by atoms with van der Waals surface area (Å²) in [6.45, 7) is 4.97. The van der Waals surface area contributed by atoms with E-state index in [0.717, 1.165) is 35.8 Å². The molecule has 2 aromatic rings. The molecule has 0 aliphatic carbocycles. The van der Waals surface area contributed by atoms with Gasteiger partial charge in [-0.1, -0.05) is 29.8 Å². The number of fused-ring (bicyclic) bond motifs is 1. The first kappa shape index (κ1) is 14.4. The average Bonchev–Trinajstić information content (AvgIpc) is 2.90. The summed E-state index contributed by atoms with van der Waals surface area (Å²) < 4.78 is 5.75. The van der Waals surface area contributed by atoms with Crippen molar-refractivity contribution in [3.8, 4) is 5.75 Å². The lowest BCUT2D eigenvalue weighted by Gasteiger charge is -2.17. The number of hydrogen-bond acceptors (Lipinski definition) is 2. The number of benzene rings is 2. The molecule has 2 nitrogen and oxygen atoms in total. The summed E-state index contributed by atoms with van der Waals surface area (Å²) in [5.41, 5.74) is 12.5. The first-order valence-electron chi connectivity index (χ1n) is 7.31. The van der Waals surface area contributed by atoms with Crippen molar-refractivity contribution in [1.82, 2.24) is 0 Å². The molecule has 2 N–H and O–H groups in total. The van der Waals surface area contributed by atoms with Gasteiger partial charge in [0.25, 0.3) is 0 Å². The van der Waals surface area contributed by atoms with E-state index in [9.17, 15) is 0 Å². The van der Waals surface area contributed by atoms with Crippen LogP contribution in [0.3, 0.4) is 0 Å². The molecule has 0 spiro atoms. The van der Waals surface area contributed by atoms with E-state index in [1.54, 1.807) is 0 Å². The van der Waals surface area contributed by atoms with Gasteiger partial charge in [0.15, 0.2) is 0 Å². The zero-order valence-corrected chi connectivity index (χ0v) is 13.2. The predicted molar refractivity (Wildman–Crippen MR) is 87.2 cm³/mol. The Morgan fingerprint density at radius 2 is 2.00 bits per heavy atom. The van der Waals surface area contributed by atoms with Gasteiger partial charge in [-0.05, 0) is 54.7 Å². The summed E-state index contributed by atoms with van der Waals surface area (Å²) in [6.07, 6.45) is 1.70. The van der Waals surface area contributed by atoms with Gasteiger partial charge in [0, 0.05) is 23.0 Å². The van der Waals surface area contributed by atoms with Gasteiger partial charge >= 0.3 is 0 Å². The fourth-order valence-electron chi connectivity index (χ4n) is 2.87. The third-order valence-corrected chi connectivity index (χ3v) is 4.42. The molecule has 0 saturated carbocycles. The van der Waals surface area contributed by atoms with Gasteiger partial charge in [-0.15, -0.1) is 0 Å². The Kier molecular flexibility index (Phi) is 3.92. The highest BCUT2D eigenvalue weighted by molar-refractivity contribution is 6.30. The average molecular weight is 302 g/mol. The van der Waals surface area contributed by atoms with Crippen LogP contribution in [0, 0.1) is 13.8 Å². The first-order valence-corrected chi connectivity index (χ1v) is 7.69. The third kappa shape index (κ3) is 2.92. The minimum atomic E-state index is -0.0994. The number of halogens is 1. The SMILES string of the molecule is Cc1ccc(CC(N)c2cc(Cl)cc3c2OCC3)cc1C. The summed E-state index contributed by atoms with van der Waals surface area (Å²) in [5, 5.41) is 0.741. The van der Waals surface area contributed by atoms with Gasteiger partial charge in [-0.2, -0.15) is 0 Å². The molecule has 0 radical (unpaired) electrons. The lowest BCUT2D eigenvalue weighted by Crippen LogP contribution is -2.14. The zero-order valence-electron chi connectivity index (χ0n) is 12.4. The van der Waals surface area contributed by atoms with Crippen molar-refractivity contribution in [1.29, 1.82) is 0 Å². The van der Waals surface area contributed by atoms with Crippen LogP contribution >= 0.6 is 11.6 Å². The maximum Gasteiger partial charge on any atom is 0.127 e. The molecule has 0 bridgehead atoms. The number of hydrogen-bond donors (Lipinski definition) is 1. The number of aryl methyl sites for hydroxylation is 2. The smallest absolute Gasteiger partial charge is 0.127 e. The number of nitrogens with two attached hydrogens (primary N) is 1. The van der Waals surface area contributed by atoms with E-state index in [1.165, 1.54) is 22.3 Å². The van der Waals surface area contributed by atoms with Crippen LogP contribution in [0.5, 0.6) is 5.75 Å². The lowest BCUT2D eigenvalue weighted by atomic mass is 9.95. The van der Waals surface area contributed by atoms with Crippen molar-refractivity contribution in [2.75, 3.05) is 6.61 Å². The highest BCUT2D eigenvalue weighted by Crippen LogP contribution is 2.36. The Morgan fingerprint density at radius 3 is 2.76 bits per heavy atom. The summed E-state index contributed by atoms with van der Waals surface area (Å²) >= 11 is 6.21. The molecule has 1 aliphatic heterocycles. The molecular formula is C18H20ClNO. The molecule has 0 aromatic heterocycles. The quantitative estimate of drug-likeness (QED) is 0.925. The maximum absolute atomic E-state index is 6.42. The molecule has 0 fully saturated rings. The summed E-state index contributed by atoms with van der Waals surface area (Å²) in [5.74, 6) is 0.940. The Hall–Kier alpha value is -1.51. The normalized spacial score (nSPS) is 14.7. The van der Waals surface area contributed by atoms with E-state index < -0.39 is 0 Å². The van der Waals surface area contributed by atoms with Crippen molar-refractivity contribution in [3.63, 3.8) is 0 Å². The van der Waals surface area contributed by atoms with E-state index in [4.69, 9.17) is 22.1 Å². The second-order valence-electron chi connectivity index (χ2n) is 5.81. The third-order valence-electron chi connectivity index (χ3n) is 4.20. The van der Waals surface area contributed by atoms with Crippen molar-refractivity contribution in [2.24, 2.45) is 5.73 Å². The Morgan fingerprint density at radius 1 is 1.19 bits per heavy atom. The van der Waals surface area contributed by atoms with Gasteiger partial charge in [-0.25, -0.2) is 0 Å². The predicted octanol–water partition coefficient (Wildman–Crippen LogP) is 4.13. The van der Waals surface area contributed by atoms with Crippen LogP contribution in [-0.2, 0) is 12.8 Å². The Labute approximate surface area is 130 Å². The molecule has 0 amide bonds. The van der Waals surface area contributed by atoms with E-state index in [0.29, 0.717) is 0 Å². The Balaban J connectivity index is 1.89. The van der Waals surface area contributed by atoms with Crippen molar-refractivity contribution < 1.29 is 4.74 Å². The van der Waals surface area contributed by atoms with Crippen LogP contribution in [0.25, 0.3) is 0 Å². The molecule has 1 heterocycles. The van der Waals surface area contributed by atoms with Gasteiger partial charge < -0.3 is 10.5 Å². The van der Waals surface area contributed by atoms with Crippen LogP contribution in [0.4, 0.5) is 0 Å². The molecule has 1 aliphatic rings. The topological polar surface area (TPSA) is 35.2 Å². The van der Waals surface area contributed by atoms with Gasteiger partial charge in [0.1, 0.15) is 5.75 Å². The molecule has 1 atom stereocenters. The van der Waals surface area contributed by atoms with Crippen LogP contribution in [0.15, 0.2) is 30.3 Å². The maximum atomic E-state index is 6.42. The molecule has 3 rings (SSSR count). The van der Waals surface area contributed by atoms with E-state index in [-0.39, 0.29) is 6.04 Å². The molecule has 2 aromatic carbocycles. The zero-order chi connectivity index (χ0) is 15.0. The summed E-state index contributed by atoms with van der Waals surface area (Å²) in [6, 6.07) is 10.3. The van der Waals surface area contributed by atoms with Crippen molar-refractivity contribution in [3.05, 3.63) is 63.2 Å². The fraction of sp³-hybridized carbons (Fsp3) is 0.333. The van der Waals surface area contributed by atoms with Crippen molar-refractivity contribution >= 4 is 11.6 Å². The van der Waals surface area contributed by atoms with Crippen LogP contribution in [0.2, 0.25) is 5.02 Å². The molecule has 3 heteroatoms. The minimum Gasteiger partial charge on any atom is -0.493 e. The molecule has 110 valence electrons. The Bertz CT molecular complexity index is 681. The van der Waals surface area contributed by atoms with Crippen LogP contribution < -0.4 is 10.5 Å². The lowest BCUT2D eigenvalue weighted by molar-refractivity contribution is 0.351. The second-order valence-corrected chi connectivity index (χ2v) is 6.25. The highest BCUT2D eigenvalue weighted by Gasteiger charge is 2.21. The summed E-state index contributed by atoms with van der Waals surface area (Å²) in [7, 11) is 0. The minimum absolute atomic E-state index is 0.0994. The standard InChI is InChI=1S/C18H20ClNO/c1-11-3-4-13(7-12(11)2)8-17(20)16-10-15(19)9-14-5-6-21-18(14)16/h3-4,7,9-10,17H,5-6,8,20H2,1-2H3. The monoisotopic (exact) mass is 301 g/mol. The molecular weight excluding hydrogens is 282 g/mol. The largest absolute Gasteiger partial charge is 0.493 e.